The van der Waals surface area contributed by atoms with Gasteiger partial charge in [0.25, 0.3) is 0 Å². The van der Waals surface area contributed by atoms with Gasteiger partial charge in [0, 0.05) is 49.0 Å². The second-order valence-corrected chi connectivity index (χ2v) is 6.28. The molecule has 22 heavy (non-hydrogen) atoms. The number of urea groups is 1. The minimum Gasteiger partial charge on any atom is -0.396 e. The lowest BCUT2D eigenvalue weighted by atomic mass is 10.2. The van der Waals surface area contributed by atoms with Crippen LogP contribution in [0.4, 0.5) is 16.2 Å². The number of rotatable bonds is 4. The Hall–Kier alpha value is -1.73. The van der Waals surface area contributed by atoms with E-state index in [2.05, 4.69) is 10.6 Å². The molecule has 0 aromatic heterocycles. The van der Waals surface area contributed by atoms with Gasteiger partial charge < -0.3 is 20.6 Å². The molecule has 0 bridgehead atoms. The molecule has 1 atom stereocenters. The van der Waals surface area contributed by atoms with Gasteiger partial charge in [0.05, 0.1) is 0 Å². The third kappa shape index (κ3) is 4.64. The van der Waals surface area contributed by atoms with Crippen LogP contribution in [0.5, 0.6) is 0 Å². The van der Waals surface area contributed by atoms with Crippen LogP contribution in [-0.2, 0) is 4.79 Å². The Bertz CT molecular complexity index is 537. The van der Waals surface area contributed by atoms with Gasteiger partial charge in [-0.15, -0.1) is 0 Å². The molecule has 0 spiro atoms. The van der Waals surface area contributed by atoms with Gasteiger partial charge >= 0.3 is 6.03 Å². The summed E-state index contributed by atoms with van der Waals surface area (Å²) in [6, 6.07) is 6.93. The van der Waals surface area contributed by atoms with E-state index in [1.54, 1.807) is 40.9 Å². The van der Waals surface area contributed by atoms with Gasteiger partial charge in [-0.3, -0.25) is 4.79 Å². The molecule has 7 heteroatoms. The van der Waals surface area contributed by atoms with E-state index in [9.17, 15) is 9.59 Å². The number of hydrogen-bond acceptors (Lipinski definition) is 4. The summed E-state index contributed by atoms with van der Waals surface area (Å²) in [7, 11) is 0. The number of anilines is 2. The second kappa shape index (κ2) is 8.05. The summed E-state index contributed by atoms with van der Waals surface area (Å²) in [6.45, 7) is 2.19. The number of amides is 3. The van der Waals surface area contributed by atoms with Crippen LogP contribution in [0, 0.1) is 0 Å². The summed E-state index contributed by atoms with van der Waals surface area (Å²) in [5, 5.41) is 14.7. The number of benzene rings is 1. The van der Waals surface area contributed by atoms with Crippen LogP contribution < -0.4 is 10.6 Å². The number of thioether (sulfide) groups is 1. The van der Waals surface area contributed by atoms with Gasteiger partial charge in [-0.05, 0) is 24.6 Å². The van der Waals surface area contributed by atoms with Gasteiger partial charge in [-0.1, -0.05) is 6.07 Å². The van der Waals surface area contributed by atoms with E-state index in [4.69, 9.17) is 5.11 Å². The zero-order valence-electron chi connectivity index (χ0n) is 12.5. The average Bonchev–Trinajstić information content (AvgIpc) is 2.47. The van der Waals surface area contributed by atoms with Gasteiger partial charge in [-0.2, -0.15) is 11.8 Å². The Morgan fingerprint density at radius 1 is 1.36 bits per heavy atom. The largest absolute Gasteiger partial charge is 0.396 e. The quantitative estimate of drug-likeness (QED) is 0.791. The van der Waals surface area contributed by atoms with Crippen molar-refractivity contribution in [1.82, 2.24) is 4.90 Å². The minimum absolute atomic E-state index is 0.0577. The van der Waals surface area contributed by atoms with Crippen molar-refractivity contribution in [2.24, 2.45) is 0 Å². The van der Waals surface area contributed by atoms with Crippen LogP contribution in [0.3, 0.4) is 0 Å². The van der Waals surface area contributed by atoms with E-state index in [0.29, 0.717) is 24.3 Å². The van der Waals surface area contributed by atoms with E-state index in [0.717, 1.165) is 11.5 Å². The van der Waals surface area contributed by atoms with Crippen molar-refractivity contribution < 1.29 is 14.7 Å². The summed E-state index contributed by atoms with van der Waals surface area (Å²) in [4.78, 5) is 25.3. The first-order valence-electron chi connectivity index (χ1n) is 7.24. The van der Waals surface area contributed by atoms with E-state index in [-0.39, 0.29) is 24.6 Å². The van der Waals surface area contributed by atoms with Crippen LogP contribution >= 0.6 is 11.8 Å². The molecule has 2 rings (SSSR count). The number of nitrogens with zero attached hydrogens (tertiary/aromatic N) is 1. The van der Waals surface area contributed by atoms with Gasteiger partial charge in [0.2, 0.25) is 5.91 Å². The molecule has 0 radical (unpaired) electrons. The maximum Gasteiger partial charge on any atom is 0.322 e. The fourth-order valence-corrected chi connectivity index (χ4v) is 3.49. The molecule has 1 aliphatic heterocycles. The molecule has 1 aromatic carbocycles. The van der Waals surface area contributed by atoms with Crippen molar-refractivity contribution in [1.29, 1.82) is 0 Å². The summed E-state index contributed by atoms with van der Waals surface area (Å²) < 4.78 is 0. The molecule has 0 unspecified atom stereocenters. The normalized spacial score (nSPS) is 17.9. The number of hydrogen-bond donors (Lipinski definition) is 3. The zero-order valence-corrected chi connectivity index (χ0v) is 13.4. The highest BCUT2D eigenvalue weighted by atomic mass is 32.2. The Kier molecular flexibility index (Phi) is 6.09. The van der Waals surface area contributed by atoms with E-state index >= 15 is 0 Å². The fourth-order valence-electron chi connectivity index (χ4n) is 2.38. The molecule has 1 aliphatic rings. The predicted molar refractivity (Wildman–Crippen MR) is 89.3 cm³/mol. The molecular weight excluding hydrogens is 302 g/mol. The lowest BCUT2D eigenvalue weighted by Crippen LogP contribution is -2.48. The molecule has 3 amide bonds. The molecule has 120 valence electrons. The van der Waals surface area contributed by atoms with Crippen LogP contribution in [0.25, 0.3) is 0 Å². The van der Waals surface area contributed by atoms with Crippen LogP contribution in [0.15, 0.2) is 24.3 Å². The van der Waals surface area contributed by atoms with Crippen LogP contribution in [-0.4, -0.2) is 52.6 Å². The highest BCUT2D eigenvalue weighted by Gasteiger charge is 2.26. The van der Waals surface area contributed by atoms with Gasteiger partial charge in [0.15, 0.2) is 0 Å². The van der Waals surface area contributed by atoms with E-state index in [1.165, 1.54) is 6.92 Å². The Morgan fingerprint density at radius 2 is 2.09 bits per heavy atom. The molecule has 1 aromatic rings. The average molecular weight is 323 g/mol. The van der Waals surface area contributed by atoms with Gasteiger partial charge in [0.1, 0.15) is 0 Å². The lowest BCUT2D eigenvalue weighted by molar-refractivity contribution is -0.114. The number of aliphatic hydroxyl groups excluding tert-OH is 1. The summed E-state index contributed by atoms with van der Waals surface area (Å²) in [5.74, 6) is 1.60. The standard InChI is InChI=1S/C15H21N3O3S/c1-11(20)16-12-3-2-4-13(9-12)17-15(21)18-6-8-22-10-14(18)5-7-19/h2-4,9,14,19H,5-8,10H2,1H3,(H,16,20)(H,17,21)/t14-/m1/s1. The molecular formula is C15H21N3O3S. The molecule has 1 saturated heterocycles. The molecule has 0 aliphatic carbocycles. The van der Waals surface area contributed by atoms with Crippen molar-refractivity contribution in [3.63, 3.8) is 0 Å². The predicted octanol–water partition coefficient (Wildman–Crippen LogP) is 1.98. The maximum absolute atomic E-state index is 12.4. The molecule has 3 N–H and O–H groups in total. The number of aliphatic hydroxyl groups is 1. The highest BCUT2D eigenvalue weighted by Crippen LogP contribution is 2.21. The van der Waals surface area contributed by atoms with Crippen molar-refractivity contribution in [2.75, 3.05) is 35.3 Å². The number of carbonyl (C=O) groups excluding carboxylic acids is 2. The molecule has 1 heterocycles. The van der Waals surface area contributed by atoms with Crippen LogP contribution in [0.2, 0.25) is 0 Å². The summed E-state index contributed by atoms with van der Waals surface area (Å²) in [6.07, 6.45) is 0.590. The third-order valence-corrected chi connectivity index (χ3v) is 4.48. The Balaban J connectivity index is 2.02. The number of carbonyl (C=O) groups is 2. The second-order valence-electron chi connectivity index (χ2n) is 5.13. The highest BCUT2D eigenvalue weighted by molar-refractivity contribution is 7.99. The van der Waals surface area contributed by atoms with Gasteiger partial charge in [-0.25, -0.2) is 4.79 Å². The summed E-state index contributed by atoms with van der Waals surface area (Å²) in [5.41, 5.74) is 1.28. The maximum atomic E-state index is 12.4. The Labute approximate surface area is 134 Å². The SMILES string of the molecule is CC(=O)Nc1cccc(NC(=O)N2CCSC[C@H]2CCO)c1. The topological polar surface area (TPSA) is 81.7 Å². The number of nitrogens with one attached hydrogen (secondary N) is 2. The van der Waals surface area contributed by atoms with E-state index < -0.39 is 0 Å². The Morgan fingerprint density at radius 3 is 2.77 bits per heavy atom. The monoisotopic (exact) mass is 323 g/mol. The molecule has 0 saturated carbocycles. The first-order valence-corrected chi connectivity index (χ1v) is 8.39. The van der Waals surface area contributed by atoms with E-state index in [1.807, 2.05) is 0 Å². The first kappa shape index (κ1) is 16.6. The summed E-state index contributed by atoms with van der Waals surface area (Å²) >= 11 is 1.80. The zero-order chi connectivity index (χ0) is 15.9. The van der Waals surface area contributed by atoms with Crippen molar-refractivity contribution in [2.45, 2.75) is 19.4 Å². The molecule has 6 nitrogen and oxygen atoms in total. The minimum atomic E-state index is -0.168. The third-order valence-electron chi connectivity index (χ3n) is 3.38. The van der Waals surface area contributed by atoms with Crippen molar-refractivity contribution >= 4 is 35.1 Å². The smallest absolute Gasteiger partial charge is 0.322 e. The first-order chi connectivity index (χ1) is 10.6. The molecule has 1 fully saturated rings. The van der Waals surface area contributed by atoms with Crippen molar-refractivity contribution in [3.8, 4) is 0 Å². The lowest BCUT2D eigenvalue weighted by Gasteiger charge is -2.35. The fraction of sp³-hybridized carbons (Fsp3) is 0.467. The van der Waals surface area contributed by atoms with Crippen LogP contribution in [0.1, 0.15) is 13.3 Å². The van der Waals surface area contributed by atoms with Crippen molar-refractivity contribution in [3.05, 3.63) is 24.3 Å².